The van der Waals surface area contributed by atoms with Gasteiger partial charge in [0, 0.05) is 6.54 Å². The summed E-state index contributed by atoms with van der Waals surface area (Å²) in [5.41, 5.74) is 1.88. The Balaban J connectivity index is 1.55. The molecule has 1 heterocycles. The minimum atomic E-state index is -0.609. The third kappa shape index (κ3) is 5.55. The quantitative estimate of drug-likeness (QED) is 0.440. The number of ether oxygens (including phenoxy) is 2. The maximum atomic E-state index is 12.1. The number of carbonyl (C=O) groups excluding carboxylic acids is 1. The van der Waals surface area contributed by atoms with Crippen LogP contribution in [0.25, 0.3) is 0 Å². The molecule has 3 aromatic rings. The fourth-order valence-corrected chi connectivity index (χ4v) is 2.63. The maximum absolute atomic E-state index is 12.1. The number of nitro groups is 1. The summed E-state index contributed by atoms with van der Waals surface area (Å²) in [6, 6.07) is 15.2. The molecule has 0 saturated heterocycles. The van der Waals surface area contributed by atoms with Gasteiger partial charge >= 0.3 is 5.82 Å². The highest BCUT2D eigenvalue weighted by Crippen LogP contribution is 2.28. The average Bonchev–Trinajstić information content (AvgIpc) is 3.20. The van der Waals surface area contributed by atoms with E-state index in [1.165, 1.54) is 17.1 Å². The Labute approximate surface area is 167 Å². The van der Waals surface area contributed by atoms with E-state index in [2.05, 4.69) is 10.3 Å². The largest absolute Gasteiger partial charge is 0.493 e. The molecule has 0 spiro atoms. The van der Waals surface area contributed by atoms with E-state index in [0.29, 0.717) is 18.1 Å². The van der Waals surface area contributed by atoms with Gasteiger partial charge in [0.15, 0.2) is 11.5 Å². The van der Waals surface area contributed by atoms with Crippen LogP contribution in [0.2, 0.25) is 0 Å². The van der Waals surface area contributed by atoms with Gasteiger partial charge in [0.1, 0.15) is 19.3 Å². The first-order valence-corrected chi connectivity index (χ1v) is 8.81. The van der Waals surface area contributed by atoms with Crippen molar-refractivity contribution in [2.24, 2.45) is 0 Å². The number of rotatable bonds is 9. The molecule has 9 nitrogen and oxygen atoms in total. The van der Waals surface area contributed by atoms with Gasteiger partial charge < -0.3 is 29.5 Å². The molecule has 0 aliphatic carbocycles. The lowest BCUT2D eigenvalue weighted by molar-refractivity contribution is -0.389. The van der Waals surface area contributed by atoms with Crippen LogP contribution in [0, 0.1) is 10.1 Å². The Bertz CT molecular complexity index is 988. The molecule has 0 saturated carbocycles. The van der Waals surface area contributed by atoms with Gasteiger partial charge in [-0.2, -0.15) is 0 Å². The first-order chi connectivity index (χ1) is 14.0. The molecule has 0 fully saturated rings. The van der Waals surface area contributed by atoms with Crippen LogP contribution in [0.4, 0.5) is 5.82 Å². The van der Waals surface area contributed by atoms with Gasteiger partial charge in [-0.25, -0.2) is 0 Å². The molecule has 0 radical (unpaired) electrons. The molecule has 3 rings (SSSR count). The van der Waals surface area contributed by atoms with Crippen LogP contribution in [0.3, 0.4) is 0 Å². The molecule has 1 aromatic heterocycles. The van der Waals surface area contributed by atoms with Crippen LogP contribution in [0.1, 0.15) is 11.1 Å². The summed E-state index contributed by atoms with van der Waals surface area (Å²) in [6.07, 6.45) is 2.46. The molecule has 9 heteroatoms. The van der Waals surface area contributed by atoms with Crippen LogP contribution < -0.4 is 14.8 Å². The second kappa shape index (κ2) is 9.36. The number of methoxy groups -OCH3 is 1. The zero-order valence-corrected chi connectivity index (χ0v) is 15.8. The van der Waals surface area contributed by atoms with Gasteiger partial charge in [0.25, 0.3) is 0 Å². The van der Waals surface area contributed by atoms with E-state index < -0.39 is 4.92 Å². The van der Waals surface area contributed by atoms with Crippen molar-refractivity contribution < 1.29 is 19.2 Å². The molecular formula is C20H20N4O5. The highest BCUT2D eigenvalue weighted by atomic mass is 16.6. The third-order valence-electron chi connectivity index (χ3n) is 4.09. The Kier molecular flexibility index (Phi) is 6.41. The Morgan fingerprint density at radius 2 is 1.97 bits per heavy atom. The van der Waals surface area contributed by atoms with E-state index in [9.17, 15) is 14.9 Å². The zero-order chi connectivity index (χ0) is 20.6. The lowest BCUT2D eigenvalue weighted by Crippen LogP contribution is -2.26. The standard InChI is InChI=1S/C20H20N4O5/c1-28-18-9-16(7-8-17(18)29-13-15-5-3-2-4-6-15)10-21-20(25)12-23-11-19(22-14-23)24(26)27/h2-9,11,14H,10,12-13H2,1H3,(H,21,25). The third-order valence-corrected chi connectivity index (χ3v) is 4.09. The van der Waals surface area contributed by atoms with E-state index in [1.807, 2.05) is 36.4 Å². The van der Waals surface area contributed by atoms with E-state index in [0.717, 1.165) is 11.1 Å². The van der Waals surface area contributed by atoms with Crippen LogP contribution in [0.15, 0.2) is 61.1 Å². The molecule has 0 bridgehead atoms. The summed E-state index contributed by atoms with van der Waals surface area (Å²) in [5, 5.41) is 13.4. The highest BCUT2D eigenvalue weighted by Gasteiger charge is 2.12. The molecule has 0 aliphatic heterocycles. The predicted molar refractivity (Wildman–Crippen MR) is 104 cm³/mol. The Morgan fingerprint density at radius 3 is 2.66 bits per heavy atom. The number of nitrogens with one attached hydrogen (secondary N) is 1. The van der Waals surface area contributed by atoms with Crippen LogP contribution >= 0.6 is 0 Å². The molecule has 0 aliphatic rings. The van der Waals surface area contributed by atoms with E-state index in [-0.39, 0.29) is 24.8 Å². The summed E-state index contributed by atoms with van der Waals surface area (Å²) < 4.78 is 12.6. The summed E-state index contributed by atoms with van der Waals surface area (Å²) in [5.74, 6) is 0.587. The van der Waals surface area contributed by atoms with Crippen molar-refractivity contribution in [2.45, 2.75) is 19.7 Å². The smallest absolute Gasteiger partial charge is 0.381 e. The van der Waals surface area contributed by atoms with Crippen molar-refractivity contribution in [3.63, 3.8) is 0 Å². The monoisotopic (exact) mass is 396 g/mol. The lowest BCUT2D eigenvalue weighted by Gasteiger charge is -2.13. The highest BCUT2D eigenvalue weighted by molar-refractivity contribution is 5.75. The fraction of sp³-hybridized carbons (Fsp3) is 0.200. The van der Waals surface area contributed by atoms with Crippen LogP contribution in [0.5, 0.6) is 11.5 Å². The maximum Gasteiger partial charge on any atom is 0.381 e. The van der Waals surface area contributed by atoms with Crippen molar-refractivity contribution in [3.8, 4) is 11.5 Å². The number of amides is 1. The van der Waals surface area contributed by atoms with Gasteiger partial charge in [-0.15, -0.1) is 0 Å². The van der Waals surface area contributed by atoms with E-state index in [1.54, 1.807) is 19.2 Å². The van der Waals surface area contributed by atoms with E-state index >= 15 is 0 Å². The van der Waals surface area contributed by atoms with Gasteiger partial charge in [0.2, 0.25) is 12.2 Å². The predicted octanol–water partition coefficient (Wildman–Crippen LogP) is 2.70. The lowest BCUT2D eigenvalue weighted by atomic mass is 10.2. The van der Waals surface area contributed by atoms with Gasteiger partial charge in [-0.3, -0.25) is 4.79 Å². The number of nitrogens with zero attached hydrogens (tertiary/aromatic N) is 3. The number of benzene rings is 2. The molecule has 2 aromatic carbocycles. The summed E-state index contributed by atoms with van der Waals surface area (Å²) in [4.78, 5) is 25.7. The van der Waals surface area contributed by atoms with Gasteiger partial charge in [-0.1, -0.05) is 36.4 Å². The number of carbonyl (C=O) groups is 1. The van der Waals surface area contributed by atoms with Gasteiger partial charge in [0.05, 0.1) is 7.11 Å². The summed E-state index contributed by atoms with van der Waals surface area (Å²) >= 11 is 0. The summed E-state index contributed by atoms with van der Waals surface area (Å²) in [7, 11) is 1.55. The number of aromatic nitrogens is 2. The fourth-order valence-electron chi connectivity index (χ4n) is 2.63. The SMILES string of the molecule is COc1cc(CNC(=O)Cn2cnc([N+](=O)[O-])c2)ccc1OCc1ccccc1. The normalized spacial score (nSPS) is 10.4. The minimum absolute atomic E-state index is 0.0593. The molecule has 0 atom stereocenters. The van der Waals surface area contributed by atoms with Crippen molar-refractivity contribution in [3.05, 3.63) is 82.3 Å². The van der Waals surface area contributed by atoms with Gasteiger partial charge in [-0.05, 0) is 33.2 Å². The molecule has 150 valence electrons. The molecule has 1 amide bonds. The minimum Gasteiger partial charge on any atom is -0.493 e. The first kappa shape index (κ1) is 19.9. The zero-order valence-electron chi connectivity index (χ0n) is 15.8. The first-order valence-electron chi connectivity index (χ1n) is 8.81. The molecule has 1 N–H and O–H groups in total. The van der Waals surface area contributed by atoms with Crippen molar-refractivity contribution in [1.82, 2.24) is 14.9 Å². The Hall–Kier alpha value is -3.88. The molecule has 29 heavy (non-hydrogen) atoms. The second-order valence-corrected chi connectivity index (χ2v) is 6.20. The van der Waals surface area contributed by atoms with Crippen LogP contribution in [-0.2, 0) is 24.5 Å². The van der Waals surface area contributed by atoms with Crippen molar-refractivity contribution >= 4 is 11.7 Å². The van der Waals surface area contributed by atoms with Crippen molar-refractivity contribution in [2.75, 3.05) is 7.11 Å². The number of hydrogen-bond donors (Lipinski definition) is 1. The molecular weight excluding hydrogens is 376 g/mol. The average molecular weight is 396 g/mol. The number of hydrogen-bond acceptors (Lipinski definition) is 6. The van der Waals surface area contributed by atoms with Crippen molar-refractivity contribution in [1.29, 1.82) is 0 Å². The second-order valence-electron chi connectivity index (χ2n) is 6.20. The number of imidazole rings is 1. The van der Waals surface area contributed by atoms with E-state index in [4.69, 9.17) is 9.47 Å². The van der Waals surface area contributed by atoms with Crippen LogP contribution in [-0.4, -0.2) is 27.5 Å². The Morgan fingerprint density at radius 1 is 1.17 bits per heavy atom. The topological polar surface area (TPSA) is 109 Å². The molecule has 0 unspecified atom stereocenters. The summed E-state index contributed by atoms with van der Waals surface area (Å²) in [6.45, 7) is 0.644.